The summed E-state index contributed by atoms with van der Waals surface area (Å²) in [7, 11) is 0. The van der Waals surface area contributed by atoms with E-state index in [4.69, 9.17) is 63.1 Å². The smallest absolute Gasteiger partial charge is 0.0809 e. The molecular formula is C9H7Cl5O. The van der Waals surface area contributed by atoms with Gasteiger partial charge < -0.3 is 5.11 Å². The Morgan fingerprint density at radius 1 is 0.733 bits per heavy atom. The average molecular weight is 308 g/mol. The van der Waals surface area contributed by atoms with Crippen molar-refractivity contribution in [2.45, 2.75) is 12.8 Å². The van der Waals surface area contributed by atoms with Crippen LogP contribution in [0.15, 0.2) is 0 Å². The lowest BCUT2D eigenvalue weighted by Gasteiger charge is -2.11. The van der Waals surface area contributed by atoms with Crippen LogP contribution in [0.3, 0.4) is 0 Å². The molecule has 1 N–H and O–H groups in total. The van der Waals surface area contributed by atoms with E-state index in [1.54, 1.807) is 0 Å². The molecule has 15 heavy (non-hydrogen) atoms. The number of aliphatic hydroxyl groups is 1. The third-order valence-electron chi connectivity index (χ3n) is 1.89. The van der Waals surface area contributed by atoms with Crippen LogP contribution >= 0.6 is 58.0 Å². The van der Waals surface area contributed by atoms with Crippen molar-refractivity contribution >= 4 is 58.0 Å². The Hall–Kier alpha value is 0.630. The third kappa shape index (κ3) is 2.85. The monoisotopic (exact) mass is 306 g/mol. The van der Waals surface area contributed by atoms with Gasteiger partial charge in [-0.2, -0.15) is 0 Å². The van der Waals surface area contributed by atoms with Crippen molar-refractivity contribution < 1.29 is 5.11 Å². The van der Waals surface area contributed by atoms with Gasteiger partial charge in [0.2, 0.25) is 0 Å². The molecule has 1 rings (SSSR count). The van der Waals surface area contributed by atoms with Crippen LogP contribution < -0.4 is 0 Å². The minimum Gasteiger partial charge on any atom is -0.396 e. The lowest BCUT2D eigenvalue weighted by Crippen LogP contribution is -1.94. The molecule has 0 bridgehead atoms. The van der Waals surface area contributed by atoms with E-state index in [0.717, 1.165) is 0 Å². The topological polar surface area (TPSA) is 20.2 Å². The summed E-state index contributed by atoms with van der Waals surface area (Å²) in [6, 6.07) is 0. The van der Waals surface area contributed by atoms with Crippen molar-refractivity contribution in [3.8, 4) is 0 Å². The van der Waals surface area contributed by atoms with Gasteiger partial charge in [0.15, 0.2) is 0 Å². The van der Waals surface area contributed by atoms with E-state index in [0.29, 0.717) is 28.5 Å². The zero-order chi connectivity index (χ0) is 11.6. The number of aliphatic hydroxyl groups excluding tert-OH is 1. The van der Waals surface area contributed by atoms with Crippen LogP contribution in [0.5, 0.6) is 0 Å². The van der Waals surface area contributed by atoms with E-state index in [1.165, 1.54) is 0 Å². The average Bonchev–Trinajstić information content (AvgIpc) is 2.24. The Kier molecular flexibility index (Phi) is 5.30. The first kappa shape index (κ1) is 13.7. The Labute approximate surface area is 113 Å². The first-order valence-electron chi connectivity index (χ1n) is 4.11. The molecule has 6 heteroatoms. The number of benzene rings is 1. The minimum absolute atomic E-state index is 0.0462. The van der Waals surface area contributed by atoms with Crippen molar-refractivity contribution in [2.24, 2.45) is 0 Å². The van der Waals surface area contributed by atoms with Crippen LogP contribution in [0.25, 0.3) is 0 Å². The van der Waals surface area contributed by atoms with Gasteiger partial charge in [-0.05, 0) is 18.4 Å². The van der Waals surface area contributed by atoms with Crippen molar-refractivity contribution in [1.29, 1.82) is 0 Å². The van der Waals surface area contributed by atoms with Gasteiger partial charge in [-0.15, -0.1) is 0 Å². The molecule has 0 atom stereocenters. The largest absolute Gasteiger partial charge is 0.396 e. The van der Waals surface area contributed by atoms with Crippen LogP contribution in [0.1, 0.15) is 12.0 Å². The molecule has 0 aromatic heterocycles. The third-order valence-corrected chi connectivity index (χ3v) is 4.24. The summed E-state index contributed by atoms with van der Waals surface area (Å²) < 4.78 is 0. The molecule has 0 unspecified atom stereocenters. The van der Waals surface area contributed by atoms with Crippen molar-refractivity contribution in [3.63, 3.8) is 0 Å². The maximum Gasteiger partial charge on any atom is 0.0809 e. The van der Waals surface area contributed by atoms with Crippen LogP contribution in [0.4, 0.5) is 0 Å². The molecule has 1 nitrogen and oxygen atoms in total. The molecule has 0 radical (unpaired) electrons. The van der Waals surface area contributed by atoms with Gasteiger partial charge in [0, 0.05) is 6.61 Å². The zero-order valence-electron chi connectivity index (χ0n) is 7.46. The zero-order valence-corrected chi connectivity index (χ0v) is 11.2. The fourth-order valence-corrected chi connectivity index (χ4v) is 2.49. The van der Waals surface area contributed by atoms with E-state index in [1.807, 2.05) is 0 Å². The lowest BCUT2D eigenvalue weighted by atomic mass is 10.1. The van der Waals surface area contributed by atoms with Gasteiger partial charge in [-0.1, -0.05) is 58.0 Å². The number of rotatable bonds is 3. The molecule has 0 heterocycles. The fraction of sp³-hybridized carbons (Fsp3) is 0.333. The molecule has 0 spiro atoms. The normalized spacial score (nSPS) is 10.8. The molecule has 0 fully saturated rings. The minimum atomic E-state index is 0.0462. The van der Waals surface area contributed by atoms with Gasteiger partial charge in [-0.25, -0.2) is 0 Å². The Morgan fingerprint density at radius 2 is 1.13 bits per heavy atom. The van der Waals surface area contributed by atoms with Crippen molar-refractivity contribution in [1.82, 2.24) is 0 Å². The summed E-state index contributed by atoms with van der Waals surface area (Å²) in [6.07, 6.45) is 1.04. The van der Waals surface area contributed by atoms with E-state index in [9.17, 15) is 0 Å². The molecule has 84 valence electrons. The van der Waals surface area contributed by atoms with Gasteiger partial charge in [-0.3, -0.25) is 0 Å². The molecule has 0 saturated heterocycles. The second-order valence-electron chi connectivity index (χ2n) is 2.88. The predicted octanol–water partition coefficient (Wildman–Crippen LogP) is 4.88. The highest BCUT2D eigenvalue weighted by Crippen LogP contribution is 2.44. The molecule has 0 aliphatic heterocycles. The van der Waals surface area contributed by atoms with E-state index < -0.39 is 0 Å². The highest BCUT2D eigenvalue weighted by Gasteiger charge is 2.18. The number of hydrogen-bond donors (Lipinski definition) is 1. The standard InChI is InChI=1S/C9H7Cl5O/c10-5-4(2-1-3-15)6(11)8(13)9(14)7(5)12/h15H,1-3H2. The molecule has 0 aliphatic rings. The highest BCUT2D eigenvalue weighted by molar-refractivity contribution is 6.55. The second-order valence-corrected chi connectivity index (χ2v) is 4.77. The van der Waals surface area contributed by atoms with Gasteiger partial charge in [0.25, 0.3) is 0 Å². The SMILES string of the molecule is OCCCc1c(Cl)c(Cl)c(Cl)c(Cl)c1Cl. The molecule has 0 amide bonds. The lowest BCUT2D eigenvalue weighted by molar-refractivity contribution is 0.288. The van der Waals surface area contributed by atoms with Crippen LogP contribution in [-0.2, 0) is 6.42 Å². The summed E-state index contributed by atoms with van der Waals surface area (Å²) >= 11 is 29.5. The summed E-state index contributed by atoms with van der Waals surface area (Å²) in [6.45, 7) is 0.0462. The second kappa shape index (κ2) is 5.81. The van der Waals surface area contributed by atoms with Crippen LogP contribution in [0, 0.1) is 0 Å². The van der Waals surface area contributed by atoms with Gasteiger partial charge in [0.1, 0.15) is 0 Å². The van der Waals surface area contributed by atoms with Crippen molar-refractivity contribution in [2.75, 3.05) is 6.61 Å². The number of halogens is 5. The van der Waals surface area contributed by atoms with E-state index in [-0.39, 0.29) is 21.7 Å². The van der Waals surface area contributed by atoms with Gasteiger partial charge >= 0.3 is 0 Å². The summed E-state index contributed by atoms with van der Waals surface area (Å²) in [5, 5.41) is 9.86. The Morgan fingerprint density at radius 3 is 1.53 bits per heavy atom. The predicted molar refractivity (Wildman–Crippen MR) is 66.9 cm³/mol. The maximum absolute atomic E-state index is 8.72. The molecular weight excluding hydrogens is 301 g/mol. The maximum atomic E-state index is 8.72. The summed E-state index contributed by atoms with van der Waals surface area (Å²) in [4.78, 5) is 0. The molecule has 1 aromatic rings. The highest BCUT2D eigenvalue weighted by atomic mass is 35.5. The molecule has 0 aliphatic carbocycles. The van der Waals surface area contributed by atoms with Crippen LogP contribution in [-0.4, -0.2) is 11.7 Å². The fourth-order valence-electron chi connectivity index (χ4n) is 1.13. The van der Waals surface area contributed by atoms with E-state index >= 15 is 0 Å². The summed E-state index contributed by atoms with van der Waals surface area (Å²) in [5.74, 6) is 0. The first-order valence-corrected chi connectivity index (χ1v) is 6.00. The first-order chi connectivity index (χ1) is 7.00. The molecule has 1 aromatic carbocycles. The molecule has 0 saturated carbocycles. The van der Waals surface area contributed by atoms with E-state index in [2.05, 4.69) is 0 Å². The number of hydrogen-bond acceptors (Lipinski definition) is 1. The van der Waals surface area contributed by atoms with Gasteiger partial charge in [0.05, 0.1) is 25.1 Å². The van der Waals surface area contributed by atoms with Crippen molar-refractivity contribution in [3.05, 3.63) is 30.7 Å². The van der Waals surface area contributed by atoms with Crippen LogP contribution in [0.2, 0.25) is 25.1 Å². The quantitative estimate of drug-likeness (QED) is 0.623. The Bertz CT molecular complexity index is 348. The Balaban J connectivity index is 3.26. The summed E-state index contributed by atoms with van der Waals surface area (Å²) in [5.41, 5.74) is 0.617.